The summed E-state index contributed by atoms with van der Waals surface area (Å²) in [5.41, 5.74) is 0.928. The van der Waals surface area contributed by atoms with Gasteiger partial charge in [0, 0.05) is 24.2 Å². The summed E-state index contributed by atoms with van der Waals surface area (Å²) in [6.07, 6.45) is -6.22. The minimum absolute atomic E-state index is 0.0604. The zero-order chi connectivity index (χ0) is 30.9. The molecular formula is C27H42N4O11. The molecule has 2 aromatic rings. The monoisotopic (exact) mass is 598 g/mol. The molecule has 3 rings (SSSR count). The third-order valence-electron chi connectivity index (χ3n) is 6.98. The molecule has 236 valence electrons. The van der Waals surface area contributed by atoms with Crippen LogP contribution in [0.1, 0.15) is 43.0 Å². The summed E-state index contributed by atoms with van der Waals surface area (Å²) in [7, 11) is 0. The molecule has 2 heterocycles. The first-order valence-corrected chi connectivity index (χ1v) is 13.7. The molecule has 2 amide bonds. The Morgan fingerprint density at radius 2 is 1.71 bits per heavy atom. The second-order valence-electron chi connectivity index (χ2n) is 10.5. The maximum atomic E-state index is 11.9. The number of nitrogens with one attached hydrogen (secondary N) is 3. The van der Waals surface area contributed by atoms with E-state index >= 15 is 0 Å². The molecule has 1 saturated heterocycles. The second-order valence-corrected chi connectivity index (χ2v) is 10.5. The zero-order valence-corrected chi connectivity index (χ0v) is 23.6. The molecule has 1 fully saturated rings. The van der Waals surface area contributed by atoms with Gasteiger partial charge in [0.2, 0.25) is 12.2 Å². The Labute approximate surface area is 243 Å². The molecule has 10 N–H and O–H groups in total. The van der Waals surface area contributed by atoms with Gasteiger partial charge in [0.1, 0.15) is 35.7 Å². The summed E-state index contributed by atoms with van der Waals surface area (Å²) in [5.74, 6) is 0.830. The molecule has 0 saturated carbocycles. The smallest absolute Gasteiger partial charge is 0.315 e. The maximum Gasteiger partial charge on any atom is 0.315 e. The molecule has 15 nitrogen and oxygen atoms in total. The molecule has 0 aliphatic carbocycles. The number of amides is 2. The average Bonchev–Trinajstić information content (AvgIpc) is 3.38. The predicted octanol–water partition coefficient (Wildman–Crippen LogP) is -1.91. The van der Waals surface area contributed by atoms with Gasteiger partial charge >= 0.3 is 6.03 Å². The number of hydrogen-bond donors (Lipinski definition) is 10. The van der Waals surface area contributed by atoms with Gasteiger partial charge in [-0.05, 0) is 30.0 Å². The average molecular weight is 599 g/mol. The highest BCUT2D eigenvalue weighted by molar-refractivity contribution is 5.74. The minimum Gasteiger partial charge on any atom is -0.494 e. The van der Waals surface area contributed by atoms with Gasteiger partial charge in [-0.2, -0.15) is 0 Å². The lowest BCUT2D eigenvalue weighted by atomic mass is 9.98. The van der Waals surface area contributed by atoms with Crippen molar-refractivity contribution >= 4 is 6.03 Å². The van der Waals surface area contributed by atoms with E-state index in [1.54, 1.807) is 12.1 Å². The second kappa shape index (κ2) is 15.5. The molecule has 0 bridgehead atoms. The quantitative estimate of drug-likeness (QED) is 0.101. The van der Waals surface area contributed by atoms with Crippen LogP contribution in [0.15, 0.2) is 24.3 Å². The Bertz CT molecular complexity index is 1100. The summed E-state index contributed by atoms with van der Waals surface area (Å²) in [6.45, 7) is 2.11. The lowest BCUT2D eigenvalue weighted by molar-refractivity contribution is -0.278. The number of aliphatic hydroxyl groups is 7. The van der Waals surface area contributed by atoms with E-state index in [4.69, 9.17) is 14.2 Å². The van der Waals surface area contributed by atoms with Crippen molar-refractivity contribution in [1.82, 2.24) is 20.8 Å². The summed E-state index contributed by atoms with van der Waals surface area (Å²) < 4.78 is 17.0. The summed E-state index contributed by atoms with van der Waals surface area (Å²) in [4.78, 5) is 11.9. The number of rotatable bonds is 15. The Kier molecular flexibility index (Phi) is 12.3. The van der Waals surface area contributed by atoms with Crippen molar-refractivity contribution in [2.24, 2.45) is 0 Å². The van der Waals surface area contributed by atoms with Crippen molar-refractivity contribution in [1.29, 1.82) is 0 Å². The predicted molar refractivity (Wildman–Crippen MR) is 147 cm³/mol. The maximum absolute atomic E-state index is 11.9. The SMILES string of the molecule is CC(C)c1[nH]nc(O[C@@H]2O[C@H](CO)[C@@H](O)[C@H](O)[C@H]2O)c1Cc1ccc(OCCCNC(=O)NC(CO)(CO)CO)cc1. The number of carbonyl (C=O) groups excluding carboxylic acids is 1. The van der Waals surface area contributed by atoms with Crippen LogP contribution in [0.5, 0.6) is 11.6 Å². The van der Waals surface area contributed by atoms with Crippen LogP contribution in [0.3, 0.4) is 0 Å². The first-order valence-electron chi connectivity index (χ1n) is 13.7. The Balaban J connectivity index is 1.55. The number of ether oxygens (including phenoxy) is 3. The molecule has 5 atom stereocenters. The molecule has 1 aromatic heterocycles. The lowest BCUT2D eigenvalue weighted by Crippen LogP contribution is -2.60. The van der Waals surface area contributed by atoms with E-state index in [-0.39, 0.29) is 18.3 Å². The number of aromatic amines is 1. The van der Waals surface area contributed by atoms with Crippen LogP contribution in [0, 0.1) is 0 Å². The molecule has 1 aliphatic rings. The number of nitrogens with zero attached hydrogens (tertiary/aromatic N) is 1. The molecule has 42 heavy (non-hydrogen) atoms. The highest BCUT2D eigenvalue weighted by Crippen LogP contribution is 2.31. The van der Waals surface area contributed by atoms with E-state index in [0.29, 0.717) is 30.8 Å². The van der Waals surface area contributed by atoms with Gasteiger partial charge < -0.3 is 60.6 Å². The zero-order valence-electron chi connectivity index (χ0n) is 23.6. The van der Waals surface area contributed by atoms with Gasteiger partial charge in [0.05, 0.1) is 33.0 Å². The number of benzene rings is 1. The van der Waals surface area contributed by atoms with Crippen molar-refractivity contribution in [3.8, 4) is 11.6 Å². The van der Waals surface area contributed by atoms with Crippen molar-refractivity contribution in [2.75, 3.05) is 39.6 Å². The van der Waals surface area contributed by atoms with Gasteiger partial charge in [-0.1, -0.05) is 26.0 Å². The fourth-order valence-electron chi connectivity index (χ4n) is 4.31. The third-order valence-corrected chi connectivity index (χ3v) is 6.98. The number of carbonyl (C=O) groups is 1. The van der Waals surface area contributed by atoms with E-state index in [1.165, 1.54) is 0 Å². The summed E-state index contributed by atoms with van der Waals surface area (Å²) >= 11 is 0. The number of H-pyrrole nitrogens is 1. The standard InChI is InChI=1S/C27H42N4O11/c1-15(2)20-18(24(31-30-20)42-25-23(38)22(37)21(36)19(11-32)41-25)10-16-4-6-17(7-5-16)40-9-3-8-28-26(39)29-27(12-33,13-34)14-35/h4-7,15,19,21-23,25,32-38H,3,8-14H2,1-2H3,(H,30,31)(H2,28,29,39)/t19-,21-,22+,23-,25+/m1/s1. The van der Waals surface area contributed by atoms with Gasteiger partial charge in [0.15, 0.2) is 0 Å². The summed E-state index contributed by atoms with van der Waals surface area (Å²) in [5, 5.41) is 79.9. The van der Waals surface area contributed by atoms with Crippen LogP contribution in [0.25, 0.3) is 0 Å². The Morgan fingerprint density at radius 3 is 2.31 bits per heavy atom. The Hall–Kier alpha value is -3.02. The molecule has 0 radical (unpaired) electrons. The van der Waals surface area contributed by atoms with Gasteiger partial charge in [-0.3, -0.25) is 5.10 Å². The number of hydrogen-bond acceptors (Lipinski definition) is 12. The van der Waals surface area contributed by atoms with E-state index in [2.05, 4.69) is 20.8 Å². The van der Waals surface area contributed by atoms with Gasteiger partial charge in [0.25, 0.3) is 0 Å². The lowest BCUT2D eigenvalue weighted by Gasteiger charge is -2.39. The van der Waals surface area contributed by atoms with Gasteiger partial charge in [-0.15, -0.1) is 5.10 Å². The molecular weight excluding hydrogens is 556 g/mol. The molecule has 1 aliphatic heterocycles. The van der Waals surface area contributed by atoms with Crippen LogP contribution in [0.4, 0.5) is 4.79 Å². The highest BCUT2D eigenvalue weighted by atomic mass is 16.7. The largest absolute Gasteiger partial charge is 0.494 e. The number of aliphatic hydroxyl groups excluding tert-OH is 7. The first kappa shape index (κ1) is 33.5. The van der Waals surface area contributed by atoms with Crippen LogP contribution < -0.4 is 20.1 Å². The number of aromatic nitrogens is 2. The highest BCUT2D eigenvalue weighted by Gasteiger charge is 2.45. The van der Waals surface area contributed by atoms with E-state index in [0.717, 1.165) is 11.3 Å². The fraction of sp³-hybridized carbons (Fsp3) is 0.630. The van der Waals surface area contributed by atoms with E-state index in [9.17, 15) is 40.5 Å². The van der Waals surface area contributed by atoms with Gasteiger partial charge in [-0.25, -0.2) is 4.79 Å². The topological polar surface area (TPSA) is 239 Å². The summed E-state index contributed by atoms with van der Waals surface area (Å²) in [6, 6.07) is 6.69. The van der Waals surface area contributed by atoms with Crippen molar-refractivity contribution in [3.05, 3.63) is 41.1 Å². The third kappa shape index (κ3) is 8.29. The van der Waals surface area contributed by atoms with E-state index in [1.807, 2.05) is 26.0 Å². The molecule has 0 unspecified atom stereocenters. The number of urea groups is 1. The molecule has 0 spiro atoms. The van der Waals surface area contributed by atoms with Crippen LogP contribution in [-0.2, 0) is 11.2 Å². The normalized spacial score (nSPS) is 22.7. The first-order chi connectivity index (χ1) is 20.1. The van der Waals surface area contributed by atoms with E-state index < -0.39 is 68.7 Å². The molecule has 15 heteroatoms. The minimum atomic E-state index is -1.57. The Morgan fingerprint density at radius 1 is 1.05 bits per heavy atom. The van der Waals surface area contributed by atoms with Crippen LogP contribution in [-0.4, -0.2) is 128 Å². The van der Waals surface area contributed by atoms with Crippen LogP contribution in [0.2, 0.25) is 0 Å². The van der Waals surface area contributed by atoms with Crippen molar-refractivity contribution in [2.45, 2.75) is 68.9 Å². The fourth-order valence-corrected chi connectivity index (χ4v) is 4.31. The van der Waals surface area contributed by atoms with Crippen LogP contribution >= 0.6 is 0 Å². The van der Waals surface area contributed by atoms with Crippen molar-refractivity contribution < 1.29 is 54.8 Å². The molecule has 1 aromatic carbocycles. The van der Waals surface area contributed by atoms with Crippen molar-refractivity contribution in [3.63, 3.8) is 0 Å².